The van der Waals surface area contributed by atoms with Gasteiger partial charge in [0.2, 0.25) is 0 Å². The molecule has 1 aromatic carbocycles. The number of rotatable bonds is 3. The zero-order valence-electron chi connectivity index (χ0n) is 11.1. The van der Waals surface area contributed by atoms with Gasteiger partial charge in [0.05, 0.1) is 22.9 Å². The summed E-state index contributed by atoms with van der Waals surface area (Å²) in [5, 5.41) is 24.3. The summed E-state index contributed by atoms with van der Waals surface area (Å²) in [4.78, 5) is 10.2. The Bertz CT molecular complexity index is 709. The number of nitro groups is 1. The smallest absolute Gasteiger partial charge is 0.269 e. The van der Waals surface area contributed by atoms with Gasteiger partial charge in [-0.1, -0.05) is 0 Å². The Hall–Kier alpha value is -2.72. The minimum absolute atomic E-state index is 0.00818. The van der Waals surface area contributed by atoms with Crippen LogP contribution in [0.2, 0.25) is 0 Å². The van der Waals surface area contributed by atoms with Gasteiger partial charge < -0.3 is 4.74 Å². The van der Waals surface area contributed by atoms with Crippen molar-refractivity contribution in [2.24, 2.45) is 0 Å². The van der Waals surface area contributed by atoms with E-state index in [2.05, 4.69) is 11.2 Å². The van der Waals surface area contributed by atoms with E-state index in [1.165, 1.54) is 16.8 Å². The lowest BCUT2D eigenvalue weighted by molar-refractivity contribution is -0.384. The van der Waals surface area contributed by atoms with Crippen molar-refractivity contribution in [1.29, 1.82) is 5.26 Å². The number of nitriles is 1. The monoisotopic (exact) mass is 284 g/mol. The highest BCUT2D eigenvalue weighted by atomic mass is 16.6. The van der Waals surface area contributed by atoms with Gasteiger partial charge in [-0.05, 0) is 24.6 Å². The van der Waals surface area contributed by atoms with Gasteiger partial charge in [0, 0.05) is 24.7 Å². The van der Waals surface area contributed by atoms with Crippen LogP contribution in [-0.2, 0) is 4.74 Å². The van der Waals surface area contributed by atoms with E-state index < -0.39 is 4.92 Å². The van der Waals surface area contributed by atoms with Crippen LogP contribution in [0.4, 0.5) is 5.69 Å². The number of non-ortho nitro benzene ring substituents is 1. The Labute approximate surface area is 120 Å². The molecule has 0 spiro atoms. The molecular formula is C14H12N4O3. The summed E-state index contributed by atoms with van der Waals surface area (Å²) in [6, 6.07) is 9.82. The maximum atomic E-state index is 10.7. The van der Waals surface area contributed by atoms with E-state index in [0.29, 0.717) is 24.6 Å². The summed E-state index contributed by atoms with van der Waals surface area (Å²) in [6.07, 6.45) is 0.891. The molecule has 106 valence electrons. The fourth-order valence-electron chi connectivity index (χ4n) is 2.36. The minimum atomic E-state index is -0.459. The summed E-state index contributed by atoms with van der Waals surface area (Å²) >= 11 is 0. The summed E-state index contributed by atoms with van der Waals surface area (Å²) in [5.74, 6) is 0.205. The Morgan fingerprint density at radius 1 is 1.43 bits per heavy atom. The molecule has 1 aliphatic heterocycles. The Kier molecular flexibility index (Phi) is 3.38. The largest absolute Gasteiger partial charge is 0.381 e. The zero-order valence-corrected chi connectivity index (χ0v) is 11.1. The summed E-state index contributed by atoms with van der Waals surface area (Å²) < 4.78 is 6.85. The third-order valence-electron chi connectivity index (χ3n) is 3.50. The van der Waals surface area contributed by atoms with Gasteiger partial charge in [-0.15, -0.1) is 0 Å². The quantitative estimate of drug-likeness (QED) is 0.635. The van der Waals surface area contributed by atoms with Crippen molar-refractivity contribution in [3.05, 3.63) is 51.8 Å². The van der Waals surface area contributed by atoms with Crippen LogP contribution < -0.4 is 0 Å². The minimum Gasteiger partial charge on any atom is -0.381 e. The van der Waals surface area contributed by atoms with E-state index in [4.69, 9.17) is 4.74 Å². The molecule has 0 aliphatic carbocycles. The topological polar surface area (TPSA) is 94.0 Å². The van der Waals surface area contributed by atoms with E-state index in [9.17, 15) is 15.4 Å². The van der Waals surface area contributed by atoms with Gasteiger partial charge in [-0.3, -0.25) is 10.1 Å². The second-order valence-electron chi connectivity index (χ2n) is 4.81. The lowest BCUT2D eigenvalue weighted by Gasteiger charge is -2.04. The molecule has 0 N–H and O–H groups in total. The summed E-state index contributed by atoms with van der Waals surface area (Å²) in [6.45, 7) is 1.32. The van der Waals surface area contributed by atoms with Gasteiger partial charge >= 0.3 is 0 Å². The molecule has 0 saturated carbocycles. The zero-order chi connectivity index (χ0) is 14.8. The van der Waals surface area contributed by atoms with Crippen molar-refractivity contribution in [1.82, 2.24) is 9.78 Å². The molecule has 2 heterocycles. The molecule has 7 heteroatoms. The van der Waals surface area contributed by atoms with Gasteiger partial charge in [0.25, 0.3) is 5.69 Å². The second-order valence-corrected chi connectivity index (χ2v) is 4.81. The van der Waals surface area contributed by atoms with Crippen molar-refractivity contribution < 1.29 is 9.66 Å². The first kappa shape index (κ1) is 13.3. The van der Waals surface area contributed by atoms with Crippen LogP contribution in [0.25, 0.3) is 5.69 Å². The third kappa shape index (κ3) is 2.49. The van der Waals surface area contributed by atoms with Gasteiger partial charge in [-0.2, -0.15) is 10.4 Å². The SMILES string of the molecule is N#Cc1cc(C2CCOC2)nn1-c1ccc([N+](=O)[O-])cc1. The van der Waals surface area contributed by atoms with Crippen LogP contribution in [0.5, 0.6) is 0 Å². The average Bonchev–Trinajstić information content (AvgIpc) is 3.16. The molecule has 21 heavy (non-hydrogen) atoms. The Morgan fingerprint density at radius 3 is 2.76 bits per heavy atom. The van der Waals surface area contributed by atoms with E-state index in [-0.39, 0.29) is 11.6 Å². The molecule has 1 atom stereocenters. The molecule has 0 bridgehead atoms. The number of nitro benzene ring substituents is 1. The second kappa shape index (κ2) is 5.34. The number of ether oxygens (including phenoxy) is 1. The Balaban J connectivity index is 1.97. The lowest BCUT2D eigenvalue weighted by Crippen LogP contribution is -2.03. The molecule has 0 radical (unpaired) electrons. The van der Waals surface area contributed by atoms with Crippen LogP contribution in [0.15, 0.2) is 30.3 Å². The Morgan fingerprint density at radius 2 is 2.19 bits per heavy atom. The van der Waals surface area contributed by atoms with E-state index >= 15 is 0 Å². The van der Waals surface area contributed by atoms with Crippen molar-refractivity contribution in [2.45, 2.75) is 12.3 Å². The molecule has 2 aromatic rings. The molecule has 1 aliphatic rings. The lowest BCUT2D eigenvalue weighted by atomic mass is 10.1. The normalized spacial score (nSPS) is 17.6. The molecule has 1 unspecified atom stereocenters. The van der Waals surface area contributed by atoms with Crippen molar-refractivity contribution in [3.8, 4) is 11.8 Å². The molecule has 0 amide bonds. The van der Waals surface area contributed by atoms with Gasteiger partial charge in [-0.25, -0.2) is 4.68 Å². The van der Waals surface area contributed by atoms with Crippen molar-refractivity contribution in [2.75, 3.05) is 13.2 Å². The molecule has 7 nitrogen and oxygen atoms in total. The number of aromatic nitrogens is 2. The van der Waals surface area contributed by atoms with E-state index in [1.807, 2.05) is 0 Å². The predicted octanol–water partition coefficient (Wildman–Crippen LogP) is 2.16. The highest BCUT2D eigenvalue weighted by molar-refractivity contribution is 5.43. The number of hydrogen-bond acceptors (Lipinski definition) is 5. The third-order valence-corrected chi connectivity index (χ3v) is 3.50. The number of hydrogen-bond donors (Lipinski definition) is 0. The van der Waals surface area contributed by atoms with E-state index in [0.717, 1.165) is 12.1 Å². The average molecular weight is 284 g/mol. The van der Waals surface area contributed by atoms with Crippen LogP contribution in [0, 0.1) is 21.4 Å². The van der Waals surface area contributed by atoms with Gasteiger partial charge in [0.1, 0.15) is 11.8 Å². The molecule has 1 aromatic heterocycles. The molecule has 1 fully saturated rings. The standard InChI is InChI=1S/C14H12N4O3/c15-8-13-7-14(10-5-6-21-9-10)16-17(13)11-1-3-12(4-2-11)18(19)20/h1-4,7,10H,5-6,9H2. The van der Waals surface area contributed by atoms with Gasteiger partial charge in [0.15, 0.2) is 0 Å². The van der Waals surface area contributed by atoms with Crippen LogP contribution in [-0.4, -0.2) is 27.9 Å². The first-order valence-electron chi connectivity index (χ1n) is 6.51. The number of nitrogens with zero attached hydrogens (tertiary/aromatic N) is 4. The highest BCUT2D eigenvalue weighted by Gasteiger charge is 2.22. The number of benzene rings is 1. The highest BCUT2D eigenvalue weighted by Crippen LogP contribution is 2.26. The first-order chi connectivity index (χ1) is 10.2. The van der Waals surface area contributed by atoms with Crippen molar-refractivity contribution >= 4 is 5.69 Å². The summed E-state index contributed by atoms with van der Waals surface area (Å²) in [5.41, 5.74) is 1.87. The molecule has 3 rings (SSSR count). The maximum Gasteiger partial charge on any atom is 0.269 e. The maximum absolute atomic E-state index is 10.7. The summed E-state index contributed by atoms with van der Waals surface area (Å²) in [7, 11) is 0. The predicted molar refractivity (Wildman–Crippen MR) is 73.1 cm³/mol. The fraction of sp³-hybridized carbons (Fsp3) is 0.286. The van der Waals surface area contributed by atoms with Crippen LogP contribution in [0.3, 0.4) is 0 Å². The molecular weight excluding hydrogens is 272 g/mol. The van der Waals surface area contributed by atoms with Crippen molar-refractivity contribution in [3.63, 3.8) is 0 Å². The van der Waals surface area contributed by atoms with Crippen LogP contribution in [0.1, 0.15) is 23.7 Å². The van der Waals surface area contributed by atoms with Crippen LogP contribution >= 0.6 is 0 Å². The first-order valence-corrected chi connectivity index (χ1v) is 6.51. The van der Waals surface area contributed by atoms with E-state index in [1.54, 1.807) is 18.2 Å². The fourth-order valence-corrected chi connectivity index (χ4v) is 2.36. The molecule has 1 saturated heterocycles.